The molecule has 1 aromatic rings. The van der Waals surface area contributed by atoms with Crippen LogP contribution in [0.5, 0.6) is 11.5 Å². The van der Waals surface area contributed by atoms with Gasteiger partial charge in [-0.15, -0.1) is 0 Å². The number of benzene rings is 1. The average molecular weight is 225 g/mol. The van der Waals surface area contributed by atoms with Crippen molar-refractivity contribution in [3.05, 3.63) is 18.2 Å². The molecular weight excluding hydrogens is 208 g/mol. The van der Waals surface area contributed by atoms with Gasteiger partial charge in [-0.1, -0.05) is 6.92 Å². The highest BCUT2D eigenvalue weighted by Crippen LogP contribution is 2.33. The minimum absolute atomic E-state index is 0.130. The lowest BCUT2D eigenvalue weighted by Gasteiger charge is -2.19. The molecule has 1 unspecified atom stereocenters. The van der Waals surface area contributed by atoms with Crippen molar-refractivity contribution in [2.45, 2.75) is 24.7 Å². The molecule has 1 fully saturated rings. The second-order valence-electron chi connectivity index (χ2n) is 4.26. The summed E-state index contributed by atoms with van der Waals surface area (Å²) in [5, 5.41) is 19.2. The molecule has 0 bridgehead atoms. The Morgan fingerprint density at radius 3 is 2.87 bits per heavy atom. The van der Waals surface area contributed by atoms with E-state index in [-0.39, 0.29) is 16.6 Å². The molecule has 0 radical (unpaired) electrons. The lowest BCUT2D eigenvalue weighted by atomic mass is 10.1. The van der Waals surface area contributed by atoms with E-state index in [1.54, 1.807) is 12.1 Å². The lowest BCUT2D eigenvalue weighted by molar-refractivity contribution is 0.447. The molecule has 2 nitrogen and oxygen atoms in total. The van der Waals surface area contributed by atoms with E-state index in [0.29, 0.717) is 5.75 Å². The molecule has 1 aliphatic rings. The summed E-state index contributed by atoms with van der Waals surface area (Å²) in [5.41, 5.74) is 0. The smallest absolute Gasteiger partial charge is 0.200 e. The van der Waals surface area contributed by atoms with Crippen molar-refractivity contribution >= 4 is 10.9 Å². The molecule has 0 aromatic heterocycles. The Hall–Kier alpha value is -0.830. The number of hydrogen-bond donors (Lipinski definition) is 2. The van der Waals surface area contributed by atoms with Gasteiger partial charge in [0, 0.05) is 22.9 Å². The summed E-state index contributed by atoms with van der Waals surface area (Å²) >= 11 is 0. The quantitative estimate of drug-likeness (QED) is 0.569. The zero-order chi connectivity index (χ0) is 10.8. The molecule has 3 heteroatoms. The largest absolute Gasteiger partial charge is 0.508 e. The maximum absolute atomic E-state index is 9.77. The van der Waals surface area contributed by atoms with Crippen LogP contribution >= 0.6 is 0 Å². The highest BCUT2D eigenvalue weighted by atomic mass is 32.2. The monoisotopic (exact) mass is 225 g/mol. The van der Waals surface area contributed by atoms with Gasteiger partial charge >= 0.3 is 0 Å². The van der Waals surface area contributed by atoms with Gasteiger partial charge in [-0.3, -0.25) is 0 Å². The van der Waals surface area contributed by atoms with Gasteiger partial charge < -0.3 is 10.2 Å². The number of phenolic OH excluding ortho intramolecular Hbond substituents is 2. The summed E-state index contributed by atoms with van der Waals surface area (Å²) < 4.78 is 0. The molecule has 1 aliphatic heterocycles. The minimum Gasteiger partial charge on any atom is -0.508 e. The SMILES string of the molecule is C[C@H]1CCC[S+](c2cc(O)ccc2O)C1. The normalized spacial score (nSPS) is 26.5. The summed E-state index contributed by atoms with van der Waals surface area (Å²) in [6.07, 6.45) is 2.53. The number of phenols is 2. The van der Waals surface area contributed by atoms with Crippen LogP contribution in [-0.2, 0) is 10.9 Å². The molecule has 1 heterocycles. The van der Waals surface area contributed by atoms with Gasteiger partial charge in [-0.2, -0.15) is 0 Å². The molecule has 2 N–H and O–H groups in total. The van der Waals surface area contributed by atoms with E-state index in [9.17, 15) is 10.2 Å². The van der Waals surface area contributed by atoms with Gasteiger partial charge in [0.15, 0.2) is 10.6 Å². The molecule has 2 atom stereocenters. The third-order valence-electron chi connectivity index (χ3n) is 2.83. The van der Waals surface area contributed by atoms with Crippen molar-refractivity contribution in [3.8, 4) is 11.5 Å². The van der Waals surface area contributed by atoms with E-state index in [1.165, 1.54) is 18.9 Å². The van der Waals surface area contributed by atoms with Gasteiger partial charge in [0.05, 0.1) is 0 Å². The van der Waals surface area contributed by atoms with E-state index >= 15 is 0 Å². The van der Waals surface area contributed by atoms with E-state index in [0.717, 1.165) is 22.3 Å². The molecule has 82 valence electrons. The summed E-state index contributed by atoms with van der Waals surface area (Å²) in [5.74, 6) is 3.64. The predicted molar refractivity (Wildman–Crippen MR) is 63.5 cm³/mol. The maximum atomic E-state index is 9.77. The Morgan fingerprint density at radius 2 is 2.13 bits per heavy atom. The molecule has 15 heavy (non-hydrogen) atoms. The standard InChI is InChI=1S/C12H16O2S/c1-9-3-2-6-15(8-9)12-7-10(13)4-5-11(12)14/h4-5,7,9H,2-3,6,8H2,1H3,(H-,13,14)/p+1/t9-,15?/m0/s1. The topological polar surface area (TPSA) is 40.5 Å². The predicted octanol–water partition coefficient (Wildman–Crippen LogP) is 2.50. The van der Waals surface area contributed by atoms with Crippen molar-refractivity contribution in [2.24, 2.45) is 5.92 Å². The van der Waals surface area contributed by atoms with Crippen LogP contribution in [0.4, 0.5) is 0 Å². The summed E-state index contributed by atoms with van der Waals surface area (Å²) in [6.45, 7) is 2.26. The third-order valence-corrected chi connectivity index (χ3v) is 5.53. The zero-order valence-electron chi connectivity index (χ0n) is 8.94. The minimum atomic E-state index is 0.130. The molecule has 2 rings (SSSR count). The Bertz CT molecular complexity index is 351. The van der Waals surface area contributed by atoms with Crippen molar-refractivity contribution in [2.75, 3.05) is 11.5 Å². The second kappa shape index (κ2) is 4.35. The number of hydrogen-bond acceptors (Lipinski definition) is 2. The van der Waals surface area contributed by atoms with Crippen LogP contribution in [0.25, 0.3) is 0 Å². The summed E-state index contributed by atoms with van der Waals surface area (Å²) in [6, 6.07) is 4.85. The van der Waals surface area contributed by atoms with Crippen molar-refractivity contribution in [3.63, 3.8) is 0 Å². The van der Waals surface area contributed by atoms with Gasteiger partial charge in [-0.25, -0.2) is 0 Å². The molecule has 0 amide bonds. The van der Waals surface area contributed by atoms with E-state index in [1.807, 2.05) is 0 Å². The average Bonchev–Trinajstić information content (AvgIpc) is 2.22. The van der Waals surface area contributed by atoms with Gasteiger partial charge in [0.25, 0.3) is 0 Å². The van der Waals surface area contributed by atoms with Gasteiger partial charge in [0.1, 0.15) is 17.3 Å². The van der Waals surface area contributed by atoms with E-state index in [2.05, 4.69) is 6.92 Å². The van der Waals surface area contributed by atoms with Crippen molar-refractivity contribution in [1.82, 2.24) is 0 Å². The molecular formula is C12H17O2S+. The Balaban J connectivity index is 2.24. The highest BCUT2D eigenvalue weighted by Gasteiger charge is 2.31. The van der Waals surface area contributed by atoms with Crippen LogP contribution in [0.15, 0.2) is 23.1 Å². The molecule has 0 spiro atoms. The van der Waals surface area contributed by atoms with Crippen molar-refractivity contribution < 1.29 is 10.2 Å². The van der Waals surface area contributed by atoms with E-state index in [4.69, 9.17) is 0 Å². The van der Waals surface area contributed by atoms with Crippen LogP contribution in [-0.4, -0.2) is 21.7 Å². The first-order chi connectivity index (χ1) is 7.16. The fourth-order valence-electron chi connectivity index (χ4n) is 2.05. The Kier molecular flexibility index (Phi) is 3.10. The third kappa shape index (κ3) is 2.40. The van der Waals surface area contributed by atoms with Crippen LogP contribution in [0.1, 0.15) is 19.8 Å². The van der Waals surface area contributed by atoms with Gasteiger partial charge in [0.2, 0.25) is 0 Å². The highest BCUT2D eigenvalue weighted by molar-refractivity contribution is 7.97. The first-order valence-electron chi connectivity index (χ1n) is 5.36. The first-order valence-corrected chi connectivity index (χ1v) is 6.92. The fraction of sp³-hybridized carbons (Fsp3) is 0.500. The van der Waals surface area contributed by atoms with Crippen LogP contribution < -0.4 is 0 Å². The fourth-order valence-corrected chi connectivity index (χ4v) is 4.64. The Labute approximate surface area is 93.3 Å². The zero-order valence-corrected chi connectivity index (χ0v) is 9.76. The molecule has 0 saturated carbocycles. The van der Waals surface area contributed by atoms with Crippen molar-refractivity contribution in [1.29, 1.82) is 0 Å². The van der Waals surface area contributed by atoms with Gasteiger partial charge in [-0.05, 0) is 25.0 Å². The summed E-state index contributed by atoms with van der Waals surface area (Å²) in [4.78, 5) is 0.946. The van der Waals surface area contributed by atoms with Crippen LogP contribution in [0.3, 0.4) is 0 Å². The molecule has 0 aliphatic carbocycles. The lowest BCUT2D eigenvalue weighted by Crippen LogP contribution is -2.23. The van der Waals surface area contributed by atoms with Crippen LogP contribution in [0.2, 0.25) is 0 Å². The maximum Gasteiger partial charge on any atom is 0.200 e. The number of aromatic hydroxyl groups is 2. The van der Waals surface area contributed by atoms with E-state index < -0.39 is 0 Å². The number of rotatable bonds is 1. The second-order valence-corrected chi connectivity index (χ2v) is 6.43. The summed E-state index contributed by atoms with van der Waals surface area (Å²) in [7, 11) is 0.130. The Morgan fingerprint density at radius 1 is 1.33 bits per heavy atom. The molecule has 1 saturated heterocycles. The first kappa shape index (κ1) is 10.7. The van der Waals surface area contributed by atoms with Crippen LogP contribution in [0, 0.1) is 5.92 Å². The molecule has 1 aromatic carbocycles.